The van der Waals surface area contributed by atoms with Crippen LogP contribution >= 0.6 is 0 Å². The molecular weight excluding hydrogens is 340 g/mol. The van der Waals surface area contributed by atoms with Crippen LogP contribution in [0.1, 0.15) is 44.2 Å². The number of nitrogens with zero attached hydrogens (tertiary/aromatic N) is 4. The summed E-state index contributed by atoms with van der Waals surface area (Å²) in [6.07, 6.45) is 8.35. The third kappa shape index (κ3) is 4.21. The van der Waals surface area contributed by atoms with Gasteiger partial charge in [-0.05, 0) is 50.9 Å². The molecule has 0 radical (unpaired) electrons. The molecule has 1 amide bonds. The first-order valence-electron chi connectivity index (χ1n) is 10.2. The molecule has 0 unspecified atom stereocenters. The molecule has 0 aromatic carbocycles. The smallest absolute Gasteiger partial charge is 0.258 e. The molecule has 144 valence electrons. The van der Waals surface area contributed by atoms with Gasteiger partial charge in [0.05, 0.1) is 5.69 Å². The van der Waals surface area contributed by atoms with E-state index in [1.54, 1.807) is 16.7 Å². The lowest BCUT2D eigenvalue weighted by Crippen LogP contribution is -2.42. The van der Waals surface area contributed by atoms with Crippen molar-refractivity contribution < 1.29 is 4.79 Å². The Morgan fingerprint density at radius 1 is 1.04 bits per heavy atom. The SMILES string of the molecule is O=C(C1CCN(Cc2cc(=O)n3ccccc3n2)CC1)N1CCCCCC1. The van der Waals surface area contributed by atoms with Gasteiger partial charge in [-0.3, -0.25) is 18.9 Å². The fourth-order valence-corrected chi connectivity index (χ4v) is 4.30. The van der Waals surface area contributed by atoms with E-state index in [4.69, 9.17) is 0 Å². The van der Waals surface area contributed by atoms with Gasteiger partial charge in [0.2, 0.25) is 5.91 Å². The van der Waals surface area contributed by atoms with Crippen LogP contribution in [-0.4, -0.2) is 51.3 Å². The van der Waals surface area contributed by atoms with Crippen molar-refractivity contribution >= 4 is 11.6 Å². The van der Waals surface area contributed by atoms with Gasteiger partial charge in [-0.1, -0.05) is 18.9 Å². The van der Waals surface area contributed by atoms with Gasteiger partial charge in [0.1, 0.15) is 5.65 Å². The monoisotopic (exact) mass is 368 g/mol. The number of amides is 1. The average molecular weight is 368 g/mol. The van der Waals surface area contributed by atoms with Gasteiger partial charge >= 0.3 is 0 Å². The number of rotatable bonds is 3. The summed E-state index contributed by atoms with van der Waals surface area (Å²) in [6, 6.07) is 7.21. The van der Waals surface area contributed by atoms with Gasteiger partial charge in [0, 0.05) is 37.8 Å². The van der Waals surface area contributed by atoms with Crippen molar-refractivity contribution in [2.75, 3.05) is 26.2 Å². The third-order valence-electron chi connectivity index (χ3n) is 5.86. The maximum Gasteiger partial charge on any atom is 0.258 e. The van der Waals surface area contributed by atoms with Crippen molar-refractivity contribution in [2.24, 2.45) is 5.92 Å². The predicted molar refractivity (Wildman–Crippen MR) is 105 cm³/mol. The first-order chi connectivity index (χ1) is 13.2. The standard InChI is InChI=1S/C21H28N4O2/c26-20-15-18(22-19-7-3-6-12-25(19)20)16-23-13-8-17(9-14-23)21(27)24-10-4-1-2-5-11-24/h3,6-7,12,15,17H,1-2,4-5,8-11,13-14,16H2. The molecule has 2 aromatic heterocycles. The highest BCUT2D eigenvalue weighted by Crippen LogP contribution is 2.22. The fourth-order valence-electron chi connectivity index (χ4n) is 4.30. The maximum atomic E-state index is 12.8. The molecule has 4 rings (SSSR count). The molecule has 2 aromatic rings. The van der Waals surface area contributed by atoms with Gasteiger partial charge in [-0.15, -0.1) is 0 Å². The van der Waals surface area contributed by atoms with E-state index in [-0.39, 0.29) is 11.5 Å². The van der Waals surface area contributed by atoms with Crippen molar-refractivity contribution in [3.8, 4) is 0 Å². The van der Waals surface area contributed by atoms with Gasteiger partial charge in [-0.2, -0.15) is 0 Å². The molecule has 0 aliphatic carbocycles. The minimum atomic E-state index is -0.0400. The van der Waals surface area contributed by atoms with Crippen LogP contribution in [0.4, 0.5) is 0 Å². The number of carbonyl (C=O) groups excluding carboxylic acids is 1. The van der Waals surface area contributed by atoms with Crippen LogP contribution in [0.15, 0.2) is 35.3 Å². The zero-order chi connectivity index (χ0) is 18.6. The highest BCUT2D eigenvalue weighted by atomic mass is 16.2. The zero-order valence-electron chi connectivity index (χ0n) is 15.8. The Morgan fingerprint density at radius 3 is 2.52 bits per heavy atom. The normalized spacial score (nSPS) is 19.9. The molecule has 2 saturated heterocycles. The van der Waals surface area contributed by atoms with E-state index >= 15 is 0 Å². The number of pyridine rings is 1. The minimum absolute atomic E-state index is 0.0400. The van der Waals surface area contributed by atoms with Crippen LogP contribution < -0.4 is 5.56 Å². The molecule has 2 fully saturated rings. The topological polar surface area (TPSA) is 57.9 Å². The minimum Gasteiger partial charge on any atom is -0.342 e. The Bertz CT molecular complexity index is 847. The van der Waals surface area contributed by atoms with E-state index in [0.29, 0.717) is 18.1 Å². The second-order valence-electron chi connectivity index (χ2n) is 7.80. The van der Waals surface area contributed by atoms with Crippen molar-refractivity contribution in [1.29, 1.82) is 0 Å². The van der Waals surface area contributed by atoms with E-state index in [9.17, 15) is 9.59 Å². The quantitative estimate of drug-likeness (QED) is 0.834. The number of fused-ring (bicyclic) bond motifs is 1. The summed E-state index contributed by atoms with van der Waals surface area (Å²) < 4.78 is 1.57. The molecule has 6 nitrogen and oxygen atoms in total. The highest BCUT2D eigenvalue weighted by molar-refractivity contribution is 5.79. The Labute approximate surface area is 159 Å². The van der Waals surface area contributed by atoms with E-state index < -0.39 is 0 Å². The molecule has 6 heteroatoms. The van der Waals surface area contributed by atoms with Crippen molar-refractivity contribution in [2.45, 2.75) is 45.1 Å². The summed E-state index contributed by atoms with van der Waals surface area (Å²) >= 11 is 0. The lowest BCUT2D eigenvalue weighted by atomic mass is 9.95. The molecule has 0 spiro atoms. The van der Waals surface area contributed by atoms with Crippen LogP contribution in [0.2, 0.25) is 0 Å². The number of likely N-dealkylation sites (tertiary alicyclic amines) is 2. The molecular formula is C21H28N4O2. The predicted octanol–water partition coefficient (Wildman–Crippen LogP) is 2.31. The van der Waals surface area contributed by atoms with Gasteiger partial charge in [0.15, 0.2) is 0 Å². The molecule has 0 saturated carbocycles. The van der Waals surface area contributed by atoms with Crippen LogP contribution in [-0.2, 0) is 11.3 Å². The van der Waals surface area contributed by atoms with Crippen LogP contribution in [0, 0.1) is 5.92 Å². The Balaban J connectivity index is 1.35. The van der Waals surface area contributed by atoms with Crippen LogP contribution in [0.3, 0.4) is 0 Å². The van der Waals surface area contributed by atoms with Crippen molar-refractivity contribution in [3.05, 3.63) is 46.5 Å². The van der Waals surface area contributed by atoms with Gasteiger partial charge < -0.3 is 4.90 Å². The molecule has 0 atom stereocenters. The number of piperidine rings is 1. The first-order valence-corrected chi connectivity index (χ1v) is 10.2. The zero-order valence-corrected chi connectivity index (χ0v) is 15.8. The third-order valence-corrected chi connectivity index (χ3v) is 5.86. The van der Waals surface area contributed by atoms with Gasteiger partial charge in [0.25, 0.3) is 5.56 Å². The Hall–Kier alpha value is -2.21. The van der Waals surface area contributed by atoms with E-state index in [1.165, 1.54) is 12.8 Å². The summed E-state index contributed by atoms with van der Waals surface area (Å²) in [6.45, 7) is 4.32. The average Bonchev–Trinajstić information content (AvgIpc) is 2.98. The van der Waals surface area contributed by atoms with Crippen LogP contribution in [0.25, 0.3) is 5.65 Å². The lowest BCUT2D eigenvalue weighted by molar-refractivity contribution is -0.137. The summed E-state index contributed by atoms with van der Waals surface area (Å²) in [4.78, 5) is 34.1. The Kier molecular flexibility index (Phi) is 5.53. The van der Waals surface area contributed by atoms with Gasteiger partial charge in [-0.25, -0.2) is 4.98 Å². The molecule has 0 N–H and O–H groups in total. The number of hydrogen-bond donors (Lipinski definition) is 0. The lowest BCUT2D eigenvalue weighted by Gasteiger charge is -2.33. The fraction of sp³-hybridized carbons (Fsp3) is 0.571. The summed E-state index contributed by atoms with van der Waals surface area (Å²) in [5.41, 5.74) is 1.46. The summed E-state index contributed by atoms with van der Waals surface area (Å²) in [7, 11) is 0. The molecule has 2 aliphatic rings. The number of hydrogen-bond acceptors (Lipinski definition) is 4. The molecule has 27 heavy (non-hydrogen) atoms. The summed E-state index contributed by atoms with van der Waals surface area (Å²) in [5, 5.41) is 0. The van der Waals surface area contributed by atoms with E-state index in [2.05, 4.69) is 14.8 Å². The molecule has 4 heterocycles. The van der Waals surface area contributed by atoms with E-state index in [0.717, 1.165) is 57.6 Å². The number of carbonyl (C=O) groups is 1. The largest absolute Gasteiger partial charge is 0.342 e. The molecule has 0 bridgehead atoms. The Morgan fingerprint density at radius 2 is 1.78 bits per heavy atom. The number of aromatic nitrogens is 2. The maximum absolute atomic E-state index is 12.8. The second kappa shape index (κ2) is 8.21. The second-order valence-corrected chi connectivity index (χ2v) is 7.80. The summed E-state index contributed by atoms with van der Waals surface area (Å²) in [5.74, 6) is 0.521. The van der Waals surface area contributed by atoms with Crippen molar-refractivity contribution in [1.82, 2.24) is 19.2 Å². The van der Waals surface area contributed by atoms with Crippen molar-refractivity contribution in [3.63, 3.8) is 0 Å². The first kappa shape index (κ1) is 18.2. The highest BCUT2D eigenvalue weighted by Gasteiger charge is 2.29. The van der Waals surface area contributed by atoms with Crippen LogP contribution in [0.5, 0.6) is 0 Å². The molecule has 2 aliphatic heterocycles. The van der Waals surface area contributed by atoms with E-state index in [1.807, 2.05) is 18.2 Å².